The number of carbonyl (C=O) groups is 1. The number of hydrogen-bond donors (Lipinski definition) is 1. The van der Waals surface area contributed by atoms with Crippen molar-refractivity contribution in [1.29, 1.82) is 0 Å². The third-order valence-electron chi connectivity index (χ3n) is 1.83. The SMILES string of the molecule is COCc1cccc(C(=O)O)c1[N+](=O)[O-]. The van der Waals surface area contributed by atoms with Crippen molar-refractivity contribution in [3.8, 4) is 0 Å². The number of nitro groups is 1. The molecule has 0 spiro atoms. The lowest BCUT2D eigenvalue weighted by Gasteiger charge is -2.03. The summed E-state index contributed by atoms with van der Waals surface area (Å²) in [7, 11) is 1.39. The predicted octanol–water partition coefficient (Wildman–Crippen LogP) is 1.44. The van der Waals surface area contributed by atoms with Gasteiger partial charge in [0.25, 0.3) is 5.69 Å². The average Bonchev–Trinajstić information content (AvgIpc) is 2.17. The summed E-state index contributed by atoms with van der Waals surface area (Å²) in [6, 6.07) is 4.11. The van der Waals surface area contributed by atoms with Crippen molar-refractivity contribution in [3.05, 3.63) is 39.4 Å². The number of nitrogens with zero attached hydrogens (tertiary/aromatic N) is 1. The zero-order chi connectivity index (χ0) is 11.4. The Hall–Kier alpha value is -1.95. The number of para-hydroxylation sites is 1. The molecule has 0 aliphatic rings. The Morgan fingerprint density at radius 3 is 2.73 bits per heavy atom. The first-order chi connectivity index (χ1) is 7.07. The molecule has 0 atom stereocenters. The highest BCUT2D eigenvalue weighted by Crippen LogP contribution is 2.24. The second-order valence-electron chi connectivity index (χ2n) is 2.81. The smallest absolute Gasteiger partial charge is 0.342 e. The monoisotopic (exact) mass is 211 g/mol. The van der Waals surface area contributed by atoms with Crippen LogP contribution in [0.4, 0.5) is 5.69 Å². The molecule has 6 heteroatoms. The van der Waals surface area contributed by atoms with Gasteiger partial charge in [0.1, 0.15) is 5.56 Å². The normalized spacial score (nSPS) is 9.93. The van der Waals surface area contributed by atoms with E-state index in [9.17, 15) is 14.9 Å². The van der Waals surface area contributed by atoms with E-state index in [0.29, 0.717) is 0 Å². The molecule has 0 heterocycles. The molecule has 15 heavy (non-hydrogen) atoms. The molecule has 0 unspecified atom stereocenters. The van der Waals surface area contributed by atoms with Crippen molar-refractivity contribution < 1.29 is 19.6 Å². The van der Waals surface area contributed by atoms with E-state index >= 15 is 0 Å². The third kappa shape index (κ3) is 2.29. The number of nitro benzene ring substituents is 1. The molecule has 0 aliphatic carbocycles. The Morgan fingerprint density at radius 1 is 1.60 bits per heavy atom. The molecule has 0 saturated carbocycles. The highest BCUT2D eigenvalue weighted by atomic mass is 16.6. The first-order valence-corrected chi connectivity index (χ1v) is 4.06. The maximum absolute atomic E-state index is 10.7. The predicted molar refractivity (Wildman–Crippen MR) is 50.8 cm³/mol. The molecule has 0 fully saturated rings. The van der Waals surface area contributed by atoms with E-state index in [2.05, 4.69) is 0 Å². The van der Waals surface area contributed by atoms with E-state index < -0.39 is 16.6 Å². The zero-order valence-electron chi connectivity index (χ0n) is 7.97. The van der Waals surface area contributed by atoms with E-state index in [1.165, 1.54) is 25.3 Å². The van der Waals surface area contributed by atoms with E-state index in [-0.39, 0.29) is 17.7 Å². The minimum Gasteiger partial charge on any atom is -0.477 e. The fourth-order valence-electron chi connectivity index (χ4n) is 1.25. The molecular weight excluding hydrogens is 202 g/mol. The van der Waals surface area contributed by atoms with Crippen LogP contribution in [0.1, 0.15) is 15.9 Å². The summed E-state index contributed by atoms with van der Waals surface area (Å²) in [5.41, 5.74) is -0.483. The van der Waals surface area contributed by atoms with Crippen molar-refractivity contribution >= 4 is 11.7 Å². The van der Waals surface area contributed by atoms with Crippen molar-refractivity contribution in [1.82, 2.24) is 0 Å². The molecule has 1 aromatic rings. The number of rotatable bonds is 4. The first-order valence-electron chi connectivity index (χ1n) is 4.06. The minimum absolute atomic E-state index is 0.0113. The third-order valence-corrected chi connectivity index (χ3v) is 1.83. The Labute approximate surface area is 85.2 Å². The van der Waals surface area contributed by atoms with Gasteiger partial charge in [-0.3, -0.25) is 10.1 Å². The molecule has 6 nitrogen and oxygen atoms in total. The number of methoxy groups -OCH3 is 1. The fraction of sp³-hybridized carbons (Fsp3) is 0.222. The molecule has 0 bridgehead atoms. The molecule has 0 aliphatic heterocycles. The molecule has 1 rings (SSSR count). The van der Waals surface area contributed by atoms with Gasteiger partial charge < -0.3 is 9.84 Å². The van der Waals surface area contributed by atoms with E-state index in [1.807, 2.05) is 0 Å². The molecule has 0 aromatic heterocycles. The van der Waals surface area contributed by atoms with Gasteiger partial charge in [-0.2, -0.15) is 0 Å². The van der Waals surface area contributed by atoms with Crippen LogP contribution in [0.25, 0.3) is 0 Å². The molecule has 0 saturated heterocycles. The van der Waals surface area contributed by atoms with Crippen LogP contribution in [-0.4, -0.2) is 23.1 Å². The highest BCUT2D eigenvalue weighted by Gasteiger charge is 2.23. The second-order valence-corrected chi connectivity index (χ2v) is 2.81. The molecule has 1 N–H and O–H groups in total. The molecule has 0 amide bonds. The van der Waals surface area contributed by atoms with E-state index in [0.717, 1.165) is 0 Å². The number of carboxylic acid groups (broad SMARTS) is 1. The lowest BCUT2D eigenvalue weighted by molar-refractivity contribution is -0.386. The summed E-state index contributed by atoms with van der Waals surface area (Å²) >= 11 is 0. The number of hydrogen-bond acceptors (Lipinski definition) is 4. The van der Waals surface area contributed by atoms with Gasteiger partial charge in [-0.25, -0.2) is 4.79 Å². The van der Waals surface area contributed by atoms with E-state index in [4.69, 9.17) is 9.84 Å². The molecular formula is C9H9NO5. The number of carboxylic acids is 1. The highest BCUT2D eigenvalue weighted by molar-refractivity contribution is 5.93. The summed E-state index contributed by atoms with van der Waals surface area (Å²) in [4.78, 5) is 20.7. The first kappa shape index (κ1) is 11.1. The maximum Gasteiger partial charge on any atom is 0.342 e. The van der Waals surface area contributed by atoms with Gasteiger partial charge in [-0.1, -0.05) is 6.07 Å². The Balaban J connectivity index is 3.34. The van der Waals surface area contributed by atoms with Crippen LogP contribution in [0.3, 0.4) is 0 Å². The van der Waals surface area contributed by atoms with Crippen LogP contribution < -0.4 is 0 Å². The zero-order valence-corrected chi connectivity index (χ0v) is 7.97. The fourth-order valence-corrected chi connectivity index (χ4v) is 1.25. The van der Waals surface area contributed by atoms with E-state index in [1.54, 1.807) is 0 Å². The van der Waals surface area contributed by atoms with Crippen LogP contribution in [0.2, 0.25) is 0 Å². The topological polar surface area (TPSA) is 89.7 Å². The minimum atomic E-state index is -1.32. The van der Waals surface area contributed by atoms with Crippen LogP contribution in [-0.2, 0) is 11.3 Å². The molecule has 80 valence electrons. The Kier molecular flexibility index (Phi) is 3.35. The maximum atomic E-state index is 10.7. The summed E-state index contributed by atoms with van der Waals surface area (Å²) in [5, 5.41) is 19.5. The van der Waals surface area contributed by atoms with Crippen molar-refractivity contribution in [2.24, 2.45) is 0 Å². The van der Waals surface area contributed by atoms with Crippen molar-refractivity contribution in [2.75, 3.05) is 7.11 Å². The number of benzene rings is 1. The van der Waals surface area contributed by atoms with Gasteiger partial charge in [0, 0.05) is 7.11 Å². The second kappa shape index (κ2) is 4.52. The van der Waals surface area contributed by atoms with Gasteiger partial charge in [-0.05, 0) is 12.1 Å². The average molecular weight is 211 g/mol. The molecule has 1 aromatic carbocycles. The van der Waals surface area contributed by atoms with Gasteiger partial charge in [0.05, 0.1) is 17.1 Å². The summed E-state index contributed by atoms with van der Waals surface area (Å²) in [6.45, 7) is 0.0113. The molecule has 0 radical (unpaired) electrons. The Bertz CT molecular complexity index is 401. The standard InChI is InChI=1S/C9H9NO5/c1-15-5-6-3-2-4-7(9(11)12)8(6)10(13)14/h2-4H,5H2,1H3,(H,11,12). The summed E-state index contributed by atoms with van der Waals surface area (Å²) < 4.78 is 4.76. The van der Waals surface area contributed by atoms with Crippen LogP contribution in [0.15, 0.2) is 18.2 Å². The van der Waals surface area contributed by atoms with Gasteiger partial charge in [0.15, 0.2) is 0 Å². The van der Waals surface area contributed by atoms with Crippen molar-refractivity contribution in [3.63, 3.8) is 0 Å². The largest absolute Gasteiger partial charge is 0.477 e. The number of aromatic carboxylic acids is 1. The Morgan fingerprint density at radius 2 is 2.27 bits per heavy atom. The number of ether oxygens (including phenoxy) is 1. The summed E-state index contributed by atoms with van der Waals surface area (Å²) in [6.07, 6.45) is 0. The summed E-state index contributed by atoms with van der Waals surface area (Å²) in [5.74, 6) is -1.32. The van der Waals surface area contributed by atoms with Gasteiger partial charge in [-0.15, -0.1) is 0 Å². The van der Waals surface area contributed by atoms with Crippen LogP contribution in [0, 0.1) is 10.1 Å². The van der Waals surface area contributed by atoms with Crippen LogP contribution in [0.5, 0.6) is 0 Å². The van der Waals surface area contributed by atoms with Crippen LogP contribution >= 0.6 is 0 Å². The van der Waals surface area contributed by atoms with Gasteiger partial charge in [0.2, 0.25) is 0 Å². The van der Waals surface area contributed by atoms with Gasteiger partial charge >= 0.3 is 5.97 Å². The lowest BCUT2D eigenvalue weighted by atomic mass is 10.1. The quantitative estimate of drug-likeness (QED) is 0.601. The van der Waals surface area contributed by atoms with Crippen molar-refractivity contribution in [2.45, 2.75) is 6.61 Å². The lowest BCUT2D eigenvalue weighted by Crippen LogP contribution is -2.06.